The summed E-state index contributed by atoms with van der Waals surface area (Å²) in [5.74, 6) is 0.387. The first-order chi connectivity index (χ1) is 14.7. The number of hydrogen-bond acceptors (Lipinski definition) is 5. The van der Waals surface area contributed by atoms with E-state index in [9.17, 15) is 5.11 Å². The number of aromatic amines is 1. The largest absolute Gasteiger partial charge is 0.391 e. The van der Waals surface area contributed by atoms with Crippen LogP contribution in [0.1, 0.15) is 43.7 Å². The van der Waals surface area contributed by atoms with E-state index in [1.165, 1.54) is 0 Å². The lowest BCUT2D eigenvalue weighted by Gasteiger charge is -2.37. The molecule has 1 saturated carbocycles. The predicted octanol–water partition coefficient (Wildman–Crippen LogP) is 4.28. The van der Waals surface area contributed by atoms with Crippen molar-refractivity contribution in [3.8, 4) is 22.5 Å². The molecule has 30 heavy (non-hydrogen) atoms. The van der Waals surface area contributed by atoms with E-state index in [0.717, 1.165) is 73.4 Å². The topological polar surface area (TPSA) is 77.9 Å². The maximum Gasteiger partial charge on any atom is 0.116 e. The number of aliphatic hydroxyl groups excluding tert-OH is 1. The van der Waals surface area contributed by atoms with E-state index in [-0.39, 0.29) is 6.10 Å². The number of piperidine rings is 1. The van der Waals surface area contributed by atoms with Crippen LogP contribution in [0.4, 0.5) is 0 Å². The Morgan fingerprint density at radius 2 is 1.83 bits per heavy atom. The van der Waals surface area contributed by atoms with Gasteiger partial charge in [0.1, 0.15) is 12.0 Å². The summed E-state index contributed by atoms with van der Waals surface area (Å²) in [6.45, 7) is 2.01. The van der Waals surface area contributed by atoms with Crippen molar-refractivity contribution >= 4 is 11.6 Å². The summed E-state index contributed by atoms with van der Waals surface area (Å²) in [4.78, 5) is 11.1. The molecule has 2 N–H and O–H groups in total. The lowest BCUT2D eigenvalue weighted by molar-refractivity contribution is 0.0550. The molecule has 1 aliphatic heterocycles. The fraction of sp³-hybridized carbons (Fsp3) is 0.435. The van der Waals surface area contributed by atoms with E-state index in [0.29, 0.717) is 17.0 Å². The van der Waals surface area contributed by atoms with Gasteiger partial charge in [0.15, 0.2) is 0 Å². The smallest absolute Gasteiger partial charge is 0.116 e. The van der Waals surface area contributed by atoms with Gasteiger partial charge in [-0.05, 0) is 63.4 Å². The highest BCUT2D eigenvalue weighted by Crippen LogP contribution is 2.40. The van der Waals surface area contributed by atoms with Crippen LogP contribution in [0.15, 0.2) is 42.9 Å². The van der Waals surface area contributed by atoms with Crippen molar-refractivity contribution in [1.82, 2.24) is 25.1 Å². The zero-order valence-electron chi connectivity index (χ0n) is 16.8. The first kappa shape index (κ1) is 19.7. The number of likely N-dealkylation sites (tertiary alicyclic amines) is 1. The van der Waals surface area contributed by atoms with Crippen molar-refractivity contribution in [2.24, 2.45) is 0 Å². The minimum atomic E-state index is -0.165. The van der Waals surface area contributed by atoms with Crippen LogP contribution in [-0.4, -0.2) is 55.4 Å². The Labute approximate surface area is 181 Å². The highest BCUT2D eigenvalue weighted by molar-refractivity contribution is 6.30. The van der Waals surface area contributed by atoms with E-state index >= 15 is 0 Å². The van der Waals surface area contributed by atoms with Crippen molar-refractivity contribution in [3.63, 3.8) is 0 Å². The highest BCUT2D eigenvalue weighted by atomic mass is 35.5. The molecular formula is C23H26ClN5O. The molecule has 0 spiro atoms. The van der Waals surface area contributed by atoms with Gasteiger partial charge in [-0.1, -0.05) is 23.7 Å². The first-order valence-electron chi connectivity index (χ1n) is 10.7. The Morgan fingerprint density at radius 3 is 2.50 bits per heavy atom. The van der Waals surface area contributed by atoms with Crippen molar-refractivity contribution < 1.29 is 5.11 Å². The van der Waals surface area contributed by atoms with Gasteiger partial charge in [0.05, 0.1) is 11.8 Å². The Kier molecular flexibility index (Phi) is 5.54. The maximum atomic E-state index is 10.3. The van der Waals surface area contributed by atoms with Crippen LogP contribution in [0, 0.1) is 0 Å². The highest BCUT2D eigenvalue weighted by Gasteiger charge is 2.34. The third kappa shape index (κ3) is 3.75. The molecular weight excluding hydrogens is 398 g/mol. The minimum absolute atomic E-state index is 0.165. The van der Waals surface area contributed by atoms with E-state index in [2.05, 4.69) is 20.0 Å². The van der Waals surface area contributed by atoms with Gasteiger partial charge in [-0.3, -0.25) is 10.00 Å². The number of H-pyrrole nitrogens is 1. The number of aliphatic hydroxyl groups is 1. The van der Waals surface area contributed by atoms with Gasteiger partial charge in [0.2, 0.25) is 0 Å². The van der Waals surface area contributed by atoms with Gasteiger partial charge >= 0.3 is 0 Å². The van der Waals surface area contributed by atoms with Crippen molar-refractivity contribution in [2.75, 3.05) is 13.1 Å². The van der Waals surface area contributed by atoms with Crippen molar-refractivity contribution in [2.45, 2.75) is 50.2 Å². The molecule has 0 amide bonds. The number of nitrogens with one attached hydrogen (secondary N) is 1. The number of aromatic nitrogens is 4. The monoisotopic (exact) mass is 423 g/mol. The Bertz CT molecular complexity index is 983. The minimum Gasteiger partial charge on any atom is -0.391 e. The molecule has 6 nitrogen and oxygen atoms in total. The maximum absolute atomic E-state index is 10.3. The molecule has 3 aromatic rings. The summed E-state index contributed by atoms with van der Waals surface area (Å²) in [5, 5.41) is 19.0. The second-order valence-corrected chi connectivity index (χ2v) is 8.77. The third-order valence-electron chi connectivity index (χ3n) is 6.60. The molecule has 1 aliphatic carbocycles. The molecule has 0 radical (unpaired) electrons. The number of halogens is 1. The quantitative estimate of drug-likeness (QED) is 0.654. The number of nitrogens with zero attached hydrogens (tertiary/aromatic N) is 4. The SMILES string of the molecule is OC1CCCC1N1CCC(c2[nH]nc(-c3ccc(Cl)cc3)c2-c2ccncn2)CC1. The standard InChI is InChI=1S/C23H26ClN5O/c24-17-6-4-15(5-7-17)22-21(18-8-11-25-14-26-18)23(28-27-22)16-9-12-29(13-10-16)19-2-1-3-20(19)30/h4-8,11,14,16,19-20,30H,1-3,9-10,12-13H2,(H,27,28). The van der Waals surface area contributed by atoms with Crippen LogP contribution in [0.25, 0.3) is 22.5 Å². The summed E-state index contributed by atoms with van der Waals surface area (Å²) in [5.41, 5.74) is 4.99. The van der Waals surface area contributed by atoms with Crippen LogP contribution in [-0.2, 0) is 0 Å². The number of hydrogen-bond donors (Lipinski definition) is 2. The second kappa shape index (κ2) is 8.46. The lowest BCUT2D eigenvalue weighted by Crippen LogP contribution is -2.44. The molecule has 2 atom stereocenters. The van der Waals surface area contributed by atoms with Gasteiger partial charge < -0.3 is 5.11 Å². The van der Waals surface area contributed by atoms with Crippen LogP contribution in [0.2, 0.25) is 5.02 Å². The zero-order chi connectivity index (χ0) is 20.5. The molecule has 156 valence electrons. The molecule has 5 rings (SSSR count). The number of rotatable bonds is 4. The van der Waals surface area contributed by atoms with Crippen LogP contribution < -0.4 is 0 Å². The fourth-order valence-electron chi connectivity index (χ4n) is 5.03. The molecule has 2 unspecified atom stereocenters. The molecule has 2 fully saturated rings. The van der Waals surface area contributed by atoms with E-state index < -0.39 is 0 Å². The summed E-state index contributed by atoms with van der Waals surface area (Å²) in [7, 11) is 0. The Morgan fingerprint density at radius 1 is 1.03 bits per heavy atom. The van der Waals surface area contributed by atoms with Gasteiger partial charge in [-0.15, -0.1) is 0 Å². The van der Waals surface area contributed by atoms with Crippen LogP contribution in [0.5, 0.6) is 0 Å². The van der Waals surface area contributed by atoms with Crippen molar-refractivity contribution in [3.05, 3.63) is 53.6 Å². The molecule has 7 heteroatoms. The average molecular weight is 424 g/mol. The van der Waals surface area contributed by atoms with Gasteiger partial charge in [0, 0.05) is 40.0 Å². The van der Waals surface area contributed by atoms with E-state index in [1.54, 1.807) is 12.5 Å². The van der Waals surface area contributed by atoms with Gasteiger partial charge in [0.25, 0.3) is 0 Å². The third-order valence-corrected chi connectivity index (χ3v) is 6.85. The summed E-state index contributed by atoms with van der Waals surface area (Å²) in [6.07, 6.45) is 8.47. The summed E-state index contributed by atoms with van der Waals surface area (Å²) >= 11 is 6.09. The Hall–Kier alpha value is -2.28. The van der Waals surface area contributed by atoms with Gasteiger partial charge in [-0.2, -0.15) is 5.10 Å². The zero-order valence-corrected chi connectivity index (χ0v) is 17.6. The van der Waals surface area contributed by atoms with E-state index in [4.69, 9.17) is 16.7 Å². The molecule has 2 aromatic heterocycles. The van der Waals surface area contributed by atoms with Crippen molar-refractivity contribution in [1.29, 1.82) is 0 Å². The predicted molar refractivity (Wildman–Crippen MR) is 117 cm³/mol. The molecule has 0 bridgehead atoms. The summed E-state index contributed by atoms with van der Waals surface area (Å²) < 4.78 is 0. The summed E-state index contributed by atoms with van der Waals surface area (Å²) in [6, 6.07) is 10.0. The molecule has 2 aliphatic rings. The second-order valence-electron chi connectivity index (χ2n) is 8.34. The lowest BCUT2D eigenvalue weighted by atomic mass is 9.88. The average Bonchev–Trinajstić information content (AvgIpc) is 3.42. The fourth-order valence-corrected chi connectivity index (χ4v) is 5.16. The molecule has 1 aromatic carbocycles. The van der Waals surface area contributed by atoms with Crippen LogP contribution in [0.3, 0.4) is 0 Å². The van der Waals surface area contributed by atoms with E-state index in [1.807, 2.05) is 30.3 Å². The normalized spacial score (nSPS) is 23.1. The number of benzene rings is 1. The molecule has 1 saturated heterocycles. The van der Waals surface area contributed by atoms with Crippen LogP contribution >= 0.6 is 11.6 Å². The molecule has 3 heterocycles. The first-order valence-corrected chi connectivity index (χ1v) is 11.1. The van der Waals surface area contributed by atoms with Gasteiger partial charge in [-0.25, -0.2) is 9.97 Å². The Balaban J connectivity index is 1.45.